The molecule has 12 rings (SSSR count). The zero-order chi connectivity index (χ0) is 50.0. The summed E-state index contributed by atoms with van der Waals surface area (Å²) >= 11 is 0. The largest absolute Gasteiger partial charge is 0.512 e. The van der Waals surface area contributed by atoms with Gasteiger partial charge < -0.3 is 24.7 Å². The van der Waals surface area contributed by atoms with Crippen molar-refractivity contribution in [1.29, 1.82) is 0 Å². The van der Waals surface area contributed by atoms with Crippen LogP contribution < -0.4 is 19.6 Å². The minimum atomic E-state index is -0.0981. The highest BCUT2D eigenvalue weighted by molar-refractivity contribution is 5.95. The van der Waals surface area contributed by atoms with Gasteiger partial charge in [-0.05, 0) is 166 Å². The first-order valence-corrected chi connectivity index (χ1v) is 25.3. The third kappa shape index (κ3) is 8.99. The van der Waals surface area contributed by atoms with Crippen molar-refractivity contribution < 1.29 is 9.90 Å². The number of carbonyl (C=O) groups is 1. The third-order valence-electron chi connectivity index (χ3n) is 14.4. The van der Waals surface area contributed by atoms with Gasteiger partial charge in [-0.1, -0.05) is 158 Å². The SMILES string of the molecule is CC(O)=CC(=O)CCc1ccccc1-c1cc(-c2ccccc2-c2ccc(N3CN(c4ccccc4)c4ccccc43)cc2)cc(-c2ccccc2-c2ccc(N3CN(c4ccccc4)c4ccccc43)cc2)c1. The van der Waals surface area contributed by atoms with Gasteiger partial charge in [0.05, 0.1) is 28.5 Å². The van der Waals surface area contributed by atoms with Crippen molar-refractivity contribution in [2.24, 2.45) is 0 Å². The van der Waals surface area contributed by atoms with Gasteiger partial charge in [-0.2, -0.15) is 0 Å². The highest BCUT2D eigenvalue weighted by atomic mass is 16.3. The fourth-order valence-electron chi connectivity index (χ4n) is 10.8. The molecule has 0 aliphatic carbocycles. The van der Waals surface area contributed by atoms with Gasteiger partial charge in [0.1, 0.15) is 13.3 Å². The fourth-order valence-corrected chi connectivity index (χ4v) is 10.8. The van der Waals surface area contributed by atoms with Crippen molar-refractivity contribution in [2.75, 3.05) is 32.9 Å². The van der Waals surface area contributed by atoms with Gasteiger partial charge in [0, 0.05) is 35.2 Å². The maximum atomic E-state index is 12.9. The zero-order valence-corrected chi connectivity index (χ0v) is 41.2. The number of carbonyl (C=O) groups excluding carboxylic acids is 1. The summed E-state index contributed by atoms with van der Waals surface area (Å²) in [5, 5.41) is 9.87. The van der Waals surface area contributed by atoms with Crippen LogP contribution in [0.25, 0.3) is 55.6 Å². The molecule has 0 bridgehead atoms. The molecule has 2 aliphatic rings. The van der Waals surface area contributed by atoms with Gasteiger partial charge in [0.15, 0.2) is 5.78 Å². The van der Waals surface area contributed by atoms with Gasteiger partial charge in [0.2, 0.25) is 0 Å². The smallest absolute Gasteiger partial charge is 0.159 e. The average molecular weight is 959 g/mol. The van der Waals surface area contributed by atoms with Crippen LogP contribution in [-0.4, -0.2) is 24.2 Å². The Morgan fingerprint density at radius 2 is 0.689 bits per heavy atom. The fraction of sp³-hybridized carbons (Fsp3) is 0.0735. The second-order valence-electron chi connectivity index (χ2n) is 19.0. The predicted octanol–water partition coefficient (Wildman–Crippen LogP) is 17.5. The van der Waals surface area contributed by atoms with Crippen molar-refractivity contribution in [3.05, 3.63) is 266 Å². The molecule has 0 aromatic heterocycles. The number of allylic oxidation sites excluding steroid dienone is 2. The number of aliphatic hydroxyl groups is 1. The molecule has 74 heavy (non-hydrogen) atoms. The molecule has 10 aromatic rings. The van der Waals surface area contributed by atoms with E-state index < -0.39 is 0 Å². The van der Waals surface area contributed by atoms with E-state index in [2.05, 4.69) is 262 Å². The number of aliphatic hydroxyl groups excluding tert-OH is 1. The monoisotopic (exact) mass is 958 g/mol. The van der Waals surface area contributed by atoms with Crippen LogP contribution in [0.3, 0.4) is 0 Å². The summed E-state index contributed by atoms with van der Waals surface area (Å²) in [7, 11) is 0. The second-order valence-corrected chi connectivity index (χ2v) is 19.0. The highest BCUT2D eigenvalue weighted by Gasteiger charge is 2.29. The van der Waals surface area contributed by atoms with Crippen LogP contribution in [0.15, 0.2) is 261 Å². The topological polar surface area (TPSA) is 50.3 Å². The van der Waals surface area contributed by atoms with E-state index in [1.54, 1.807) is 0 Å². The Balaban J connectivity index is 0.921. The first kappa shape index (κ1) is 45.7. The molecule has 0 saturated heterocycles. The normalized spacial score (nSPS) is 13.0. The molecular weight excluding hydrogens is 905 g/mol. The minimum absolute atomic E-state index is 0.0226. The van der Waals surface area contributed by atoms with Crippen molar-refractivity contribution in [3.63, 3.8) is 0 Å². The summed E-state index contributed by atoms with van der Waals surface area (Å²) in [6.45, 7) is 2.97. The predicted molar refractivity (Wildman–Crippen MR) is 307 cm³/mol. The molecule has 0 saturated carbocycles. The molecule has 2 heterocycles. The number of rotatable bonds is 13. The number of para-hydroxylation sites is 6. The zero-order valence-electron chi connectivity index (χ0n) is 41.2. The molecule has 358 valence electrons. The Morgan fingerprint density at radius 3 is 1.08 bits per heavy atom. The van der Waals surface area contributed by atoms with Crippen molar-refractivity contribution in [2.45, 2.75) is 19.8 Å². The average Bonchev–Trinajstić information content (AvgIpc) is 4.05. The van der Waals surface area contributed by atoms with E-state index in [1.807, 2.05) is 6.07 Å². The molecule has 6 nitrogen and oxygen atoms in total. The standard InChI is InChI=1S/C68H54N4O2/c1-48(73)42-59(74)41-36-49-18-8-9-23-60(49)52-43-53(63-26-12-10-24-61(63)50-32-37-57(38-33-50)71-46-69(55-19-4-2-5-20-55)65-28-14-16-30-67(65)71)45-54(44-52)64-27-13-11-25-62(64)51-34-39-58(40-35-51)72-47-70(56-21-6-3-7-22-56)66-29-15-17-31-68(66)72/h2-35,37-40,42-45,73H,36,41,46-47H2,1H3. The summed E-state index contributed by atoms with van der Waals surface area (Å²) in [5.41, 5.74) is 21.5. The Kier molecular flexibility index (Phi) is 12.4. The van der Waals surface area contributed by atoms with Crippen LogP contribution in [0.1, 0.15) is 18.9 Å². The molecular formula is C68H54N4O2. The van der Waals surface area contributed by atoms with E-state index in [0.717, 1.165) is 72.6 Å². The van der Waals surface area contributed by atoms with Crippen molar-refractivity contribution >= 4 is 51.3 Å². The number of aryl methyl sites for hydroxylation is 1. The number of fused-ring (bicyclic) bond motifs is 2. The summed E-state index contributed by atoms with van der Waals surface area (Å²) in [5.74, 6) is -0.0755. The number of hydrogen-bond donors (Lipinski definition) is 1. The van der Waals surface area contributed by atoms with Gasteiger partial charge >= 0.3 is 0 Å². The summed E-state index contributed by atoms with van der Waals surface area (Å²) in [6.07, 6.45) is 2.15. The number of anilines is 8. The number of benzene rings is 10. The quantitative estimate of drug-likeness (QED) is 0.0918. The van der Waals surface area contributed by atoms with E-state index in [0.29, 0.717) is 26.2 Å². The molecule has 6 heteroatoms. The molecule has 2 aliphatic heterocycles. The molecule has 10 aromatic carbocycles. The van der Waals surface area contributed by atoms with E-state index >= 15 is 0 Å². The summed E-state index contributed by atoms with van der Waals surface area (Å²) < 4.78 is 0. The van der Waals surface area contributed by atoms with E-state index in [9.17, 15) is 9.90 Å². The summed E-state index contributed by atoms with van der Waals surface area (Å²) in [4.78, 5) is 22.4. The Morgan fingerprint density at radius 1 is 0.378 bits per heavy atom. The van der Waals surface area contributed by atoms with Crippen LogP contribution in [0.2, 0.25) is 0 Å². The van der Waals surface area contributed by atoms with Crippen LogP contribution in [0, 0.1) is 0 Å². The highest BCUT2D eigenvalue weighted by Crippen LogP contribution is 2.47. The van der Waals surface area contributed by atoms with E-state index in [1.165, 1.54) is 47.1 Å². The van der Waals surface area contributed by atoms with Crippen molar-refractivity contribution in [1.82, 2.24) is 0 Å². The molecule has 0 radical (unpaired) electrons. The Bertz CT molecular complexity index is 3480. The lowest BCUT2D eigenvalue weighted by atomic mass is 9.86. The molecule has 0 unspecified atom stereocenters. The number of ketones is 1. The Hall–Kier alpha value is -9.39. The minimum Gasteiger partial charge on any atom is -0.512 e. The third-order valence-corrected chi connectivity index (χ3v) is 14.4. The van der Waals surface area contributed by atoms with E-state index in [4.69, 9.17) is 0 Å². The maximum Gasteiger partial charge on any atom is 0.159 e. The molecule has 0 atom stereocenters. The van der Waals surface area contributed by atoms with Crippen LogP contribution >= 0.6 is 0 Å². The number of hydrogen-bond acceptors (Lipinski definition) is 6. The first-order valence-electron chi connectivity index (χ1n) is 25.3. The molecule has 0 spiro atoms. The van der Waals surface area contributed by atoms with Crippen LogP contribution in [0.4, 0.5) is 45.5 Å². The van der Waals surface area contributed by atoms with Crippen LogP contribution in [0.5, 0.6) is 0 Å². The molecule has 0 amide bonds. The number of nitrogens with zero attached hydrogens (tertiary/aromatic N) is 4. The second kappa shape index (κ2) is 20.0. The Labute approximate surface area is 433 Å². The van der Waals surface area contributed by atoms with Gasteiger partial charge in [-0.25, -0.2) is 0 Å². The molecule has 0 fully saturated rings. The lowest BCUT2D eigenvalue weighted by Gasteiger charge is -2.22. The van der Waals surface area contributed by atoms with Crippen molar-refractivity contribution in [3.8, 4) is 55.6 Å². The van der Waals surface area contributed by atoms with Gasteiger partial charge in [-0.3, -0.25) is 4.79 Å². The van der Waals surface area contributed by atoms with Gasteiger partial charge in [-0.15, -0.1) is 0 Å². The maximum absolute atomic E-state index is 12.9. The lowest BCUT2D eigenvalue weighted by Crippen LogP contribution is -2.23. The lowest BCUT2D eigenvalue weighted by molar-refractivity contribution is -0.114. The molecule has 1 N–H and O–H groups in total. The van der Waals surface area contributed by atoms with Crippen LogP contribution in [-0.2, 0) is 11.2 Å². The summed E-state index contributed by atoms with van der Waals surface area (Å²) in [6, 6.07) is 89.2. The van der Waals surface area contributed by atoms with E-state index in [-0.39, 0.29) is 11.5 Å². The first-order chi connectivity index (χ1) is 36.4. The van der Waals surface area contributed by atoms with Gasteiger partial charge in [0.25, 0.3) is 0 Å².